The summed E-state index contributed by atoms with van der Waals surface area (Å²) in [6.45, 7) is 4.53. The van der Waals surface area contributed by atoms with Crippen LogP contribution in [0.15, 0.2) is 158 Å². The molecule has 0 radical (unpaired) electrons. The van der Waals surface area contributed by atoms with Crippen molar-refractivity contribution in [3.63, 3.8) is 0 Å². The van der Waals surface area contributed by atoms with E-state index in [9.17, 15) is 43.2 Å². The smallest absolute Gasteiger partial charge is 0.462 e. The number of phosphoric ester groups is 2. The topological polar surface area (TPSA) is 237 Å². The molecule has 0 aromatic heterocycles. The second-order valence-corrected chi connectivity index (χ2v) is 29.5. The van der Waals surface area contributed by atoms with Gasteiger partial charge < -0.3 is 33.8 Å². The summed E-state index contributed by atoms with van der Waals surface area (Å²) < 4.78 is 68.5. The van der Waals surface area contributed by atoms with Crippen LogP contribution in [0.25, 0.3) is 0 Å². The molecule has 106 heavy (non-hydrogen) atoms. The van der Waals surface area contributed by atoms with Gasteiger partial charge >= 0.3 is 39.5 Å². The fraction of sp³-hybridized carbons (Fsp3) is 0.655. The SMILES string of the molecule is CCC=CCC=CCC=CCC=CCC=CCC=CCCC(=O)OCC(COP(=O)(O)OCC(O)COP(=O)(O)OCC(COC(=O)CCCCCCCC=CCC=CCCCCC)OC(=O)CCCCCCCC=CCC=CCCCCC)OC(=O)CCCC=CCC=CCC=CCCCCCCCC. The number of unbranched alkanes of at least 4 members (excludes halogenated alkanes) is 23. The molecule has 0 aliphatic carbocycles. The van der Waals surface area contributed by atoms with Gasteiger partial charge in [-0.05, 0) is 161 Å². The van der Waals surface area contributed by atoms with E-state index < -0.39 is 97.5 Å². The number of carbonyl (C=O) groups excluding carboxylic acids is 4. The van der Waals surface area contributed by atoms with E-state index in [0.29, 0.717) is 38.5 Å². The fourth-order valence-corrected chi connectivity index (χ4v) is 11.8. The summed E-state index contributed by atoms with van der Waals surface area (Å²) in [5, 5.41) is 10.6. The number of rotatable bonds is 75. The lowest BCUT2D eigenvalue weighted by Crippen LogP contribution is -2.30. The molecule has 17 nitrogen and oxygen atoms in total. The van der Waals surface area contributed by atoms with Crippen LogP contribution in [0.2, 0.25) is 0 Å². The van der Waals surface area contributed by atoms with Crippen molar-refractivity contribution in [3.05, 3.63) is 158 Å². The number of esters is 4. The Morgan fingerprint density at radius 3 is 0.868 bits per heavy atom. The third kappa shape index (κ3) is 76.9. The highest BCUT2D eigenvalue weighted by atomic mass is 31.2. The van der Waals surface area contributed by atoms with E-state index in [1.807, 2.05) is 30.4 Å². The van der Waals surface area contributed by atoms with Crippen LogP contribution >= 0.6 is 15.6 Å². The van der Waals surface area contributed by atoms with Crippen LogP contribution in [0.4, 0.5) is 0 Å². The second kappa shape index (κ2) is 77.8. The Labute approximate surface area is 642 Å². The number of aliphatic hydroxyl groups excluding tert-OH is 1. The molecule has 0 rings (SSSR count). The van der Waals surface area contributed by atoms with Gasteiger partial charge in [-0.3, -0.25) is 37.3 Å². The van der Waals surface area contributed by atoms with Crippen molar-refractivity contribution >= 4 is 39.5 Å². The zero-order valence-corrected chi connectivity index (χ0v) is 67.8. The predicted octanol–water partition coefficient (Wildman–Crippen LogP) is 24.0. The van der Waals surface area contributed by atoms with Gasteiger partial charge in [-0.2, -0.15) is 0 Å². The number of phosphoric acid groups is 2. The van der Waals surface area contributed by atoms with E-state index >= 15 is 0 Å². The van der Waals surface area contributed by atoms with Gasteiger partial charge in [0.2, 0.25) is 0 Å². The van der Waals surface area contributed by atoms with Gasteiger partial charge in [-0.15, -0.1) is 0 Å². The van der Waals surface area contributed by atoms with Gasteiger partial charge in [0.1, 0.15) is 19.3 Å². The Balaban J connectivity index is 5.51. The molecule has 604 valence electrons. The zero-order chi connectivity index (χ0) is 77.4. The Morgan fingerprint density at radius 1 is 0.274 bits per heavy atom. The molecule has 0 heterocycles. The molecular formula is C87H144O17P2. The summed E-state index contributed by atoms with van der Waals surface area (Å²) >= 11 is 0. The van der Waals surface area contributed by atoms with Crippen LogP contribution in [0.3, 0.4) is 0 Å². The summed E-state index contributed by atoms with van der Waals surface area (Å²) in [4.78, 5) is 73.0. The van der Waals surface area contributed by atoms with Crippen molar-refractivity contribution in [3.8, 4) is 0 Å². The van der Waals surface area contributed by atoms with Gasteiger partial charge in [-0.25, -0.2) is 9.13 Å². The lowest BCUT2D eigenvalue weighted by atomic mass is 10.1. The maximum Gasteiger partial charge on any atom is 0.472 e. The Bertz CT molecular complexity index is 2630. The van der Waals surface area contributed by atoms with E-state index in [2.05, 4.69) is 155 Å². The second-order valence-electron chi connectivity index (χ2n) is 26.6. The molecule has 0 aromatic carbocycles. The molecular weight excluding hydrogens is 1380 g/mol. The summed E-state index contributed by atoms with van der Waals surface area (Å²) in [5.74, 6) is -2.37. The number of ether oxygens (including phenoxy) is 4. The van der Waals surface area contributed by atoms with Gasteiger partial charge in [0.05, 0.1) is 26.4 Å². The molecule has 19 heteroatoms. The molecule has 0 aromatic rings. The molecule has 0 aliphatic heterocycles. The van der Waals surface area contributed by atoms with Crippen molar-refractivity contribution in [1.82, 2.24) is 0 Å². The van der Waals surface area contributed by atoms with Gasteiger partial charge in [-0.1, -0.05) is 282 Å². The lowest BCUT2D eigenvalue weighted by molar-refractivity contribution is -0.161. The highest BCUT2D eigenvalue weighted by Gasteiger charge is 2.30. The molecule has 0 saturated heterocycles. The minimum absolute atomic E-state index is 0.00204. The van der Waals surface area contributed by atoms with Crippen molar-refractivity contribution in [2.75, 3.05) is 39.6 Å². The molecule has 0 saturated carbocycles. The van der Waals surface area contributed by atoms with Crippen LogP contribution in [0, 0.1) is 0 Å². The maximum atomic E-state index is 13.1. The van der Waals surface area contributed by atoms with Gasteiger partial charge in [0.25, 0.3) is 0 Å². The number of aliphatic hydroxyl groups is 1. The van der Waals surface area contributed by atoms with Crippen molar-refractivity contribution in [2.24, 2.45) is 0 Å². The first-order valence-corrected chi connectivity index (χ1v) is 43.7. The summed E-state index contributed by atoms with van der Waals surface area (Å²) in [6.07, 6.45) is 91.0. The zero-order valence-electron chi connectivity index (χ0n) is 66.1. The van der Waals surface area contributed by atoms with Crippen LogP contribution in [0.1, 0.15) is 310 Å². The Morgan fingerprint density at radius 2 is 0.519 bits per heavy atom. The Hall–Kier alpha value is -5.32. The number of hydrogen-bond acceptors (Lipinski definition) is 15. The average molecular weight is 1520 g/mol. The highest BCUT2D eigenvalue weighted by Crippen LogP contribution is 2.45. The molecule has 0 fully saturated rings. The van der Waals surface area contributed by atoms with Gasteiger partial charge in [0, 0.05) is 25.7 Å². The molecule has 0 spiro atoms. The third-order valence-electron chi connectivity index (χ3n) is 16.5. The summed E-state index contributed by atoms with van der Waals surface area (Å²) in [7, 11) is -10.0. The minimum Gasteiger partial charge on any atom is -0.462 e. The number of carbonyl (C=O) groups is 4. The molecule has 3 N–H and O–H groups in total. The van der Waals surface area contributed by atoms with Crippen molar-refractivity contribution < 1.29 is 80.2 Å². The first-order chi connectivity index (χ1) is 51.7. The van der Waals surface area contributed by atoms with E-state index in [1.165, 1.54) is 77.0 Å². The summed E-state index contributed by atoms with van der Waals surface area (Å²) in [5.41, 5.74) is 0. The van der Waals surface area contributed by atoms with E-state index in [4.69, 9.17) is 37.0 Å². The fourth-order valence-electron chi connectivity index (χ4n) is 10.3. The monoisotopic (exact) mass is 1520 g/mol. The first kappa shape index (κ1) is 101. The molecule has 5 atom stereocenters. The average Bonchev–Trinajstić information content (AvgIpc) is 0.902. The molecule has 0 amide bonds. The minimum atomic E-state index is -5.02. The normalized spacial score (nSPS) is 14.7. The standard InChI is InChI=1S/C87H144O17P2/c1-5-9-13-17-21-25-29-33-37-39-40-42-45-48-52-56-60-64-68-72-85(90)98-78-83(104-87(92)74-70-66-62-58-54-50-46-41-38-34-30-26-22-18-14-10-6-2)80-102-106(95,96)100-76-81(88)75-99-105(93,94)101-79-82(103-86(91)73-69-65-61-57-53-49-44-36-32-28-24-20-16-12-8-4)77-97-84(89)71-67-63-59-55-51-47-43-35-31-27-23-19-15-11-7-3/h9,13,21,23-25,27-28,33-38,40,42-44,46,48,50,52,58,60,62,64,81-83,88H,5-8,10-12,14-20,22,26,29-32,39,41,45,47,49,51,53-57,59,61,63,65-80H2,1-4H3,(H,93,94)(H,95,96). The van der Waals surface area contributed by atoms with Crippen LogP contribution in [-0.4, -0.2) is 96.7 Å². The van der Waals surface area contributed by atoms with E-state index in [1.54, 1.807) is 0 Å². The molecule has 0 aliphatic rings. The quantitative estimate of drug-likeness (QED) is 0.0169. The van der Waals surface area contributed by atoms with Crippen molar-refractivity contribution in [1.29, 1.82) is 0 Å². The van der Waals surface area contributed by atoms with Crippen LogP contribution in [0.5, 0.6) is 0 Å². The summed E-state index contributed by atoms with van der Waals surface area (Å²) in [6, 6.07) is 0. The Kier molecular flexibility index (Phi) is 73.9. The largest absolute Gasteiger partial charge is 0.472 e. The van der Waals surface area contributed by atoms with Crippen LogP contribution < -0.4 is 0 Å². The molecule has 5 unspecified atom stereocenters. The predicted molar refractivity (Wildman–Crippen MR) is 436 cm³/mol. The maximum absolute atomic E-state index is 13.1. The molecule has 0 bridgehead atoms. The first-order valence-electron chi connectivity index (χ1n) is 40.7. The third-order valence-corrected chi connectivity index (χ3v) is 18.4. The lowest BCUT2D eigenvalue weighted by Gasteiger charge is -2.21. The number of hydrogen-bond donors (Lipinski definition) is 3. The highest BCUT2D eigenvalue weighted by molar-refractivity contribution is 7.47. The van der Waals surface area contributed by atoms with E-state index in [0.717, 1.165) is 141 Å². The van der Waals surface area contributed by atoms with Gasteiger partial charge in [0.15, 0.2) is 12.2 Å². The van der Waals surface area contributed by atoms with E-state index in [-0.39, 0.29) is 25.7 Å². The number of allylic oxidation sites excluding steroid dienone is 26. The van der Waals surface area contributed by atoms with Crippen LogP contribution in [-0.2, 0) is 65.4 Å². The van der Waals surface area contributed by atoms with Crippen molar-refractivity contribution in [2.45, 2.75) is 329 Å².